The van der Waals surface area contributed by atoms with Crippen LogP contribution >= 0.6 is 15.9 Å². The molecular weight excluding hydrogens is 460 g/mol. The normalized spacial score (nSPS) is 16.1. The van der Waals surface area contributed by atoms with Crippen LogP contribution in [0.3, 0.4) is 0 Å². The van der Waals surface area contributed by atoms with E-state index in [2.05, 4.69) is 15.9 Å². The van der Waals surface area contributed by atoms with Crippen molar-refractivity contribution in [2.45, 2.75) is 11.6 Å². The first-order valence-electron chi connectivity index (χ1n) is 8.90. The van der Waals surface area contributed by atoms with Gasteiger partial charge < -0.3 is 4.42 Å². The lowest BCUT2D eigenvalue weighted by Crippen LogP contribution is -2.49. The second-order valence-electron chi connectivity index (χ2n) is 6.68. The van der Waals surface area contributed by atoms with E-state index in [0.29, 0.717) is 30.9 Å². The topological polar surface area (TPSA) is 99.5 Å². The molecule has 150 valence electrons. The Morgan fingerprint density at radius 2 is 1.83 bits per heavy atom. The van der Waals surface area contributed by atoms with E-state index in [1.807, 2.05) is 23.1 Å². The minimum Gasteiger partial charge on any atom is -0.408 e. The fourth-order valence-corrected chi connectivity index (χ4v) is 5.31. The Kier molecular flexibility index (Phi) is 5.31. The van der Waals surface area contributed by atoms with Crippen LogP contribution < -0.4 is 5.76 Å². The number of aromatic nitrogens is 1. The van der Waals surface area contributed by atoms with Gasteiger partial charge in [-0.3, -0.25) is 9.47 Å². The van der Waals surface area contributed by atoms with Crippen molar-refractivity contribution in [3.05, 3.63) is 63.1 Å². The van der Waals surface area contributed by atoms with Crippen molar-refractivity contribution in [2.75, 3.05) is 26.2 Å². The Morgan fingerprint density at radius 1 is 1.10 bits per heavy atom. The van der Waals surface area contributed by atoms with Crippen LogP contribution in [0.2, 0.25) is 0 Å². The zero-order valence-electron chi connectivity index (χ0n) is 15.3. The molecule has 0 spiro atoms. The molecule has 4 rings (SSSR count). The van der Waals surface area contributed by atoms with Crippen LogP contribution in [-0.2, 0) is 16.7 Å². The summed E-state index contributed by atoms with van der Waals surface area (Å²) in [5.74, 6) is -0.448. The molecule has 0 bridgehead atoms. The highest BCUT2D eigenvalue weighted by molar-refractivity contribution is 9.10. The number of piperazine rings is 1. The number of halogens is 1. The fourth-order valence-electron chi connectivity index (χ4n) is 3.41. The Labute approximate surface area is 175 Å². The molecule has 8 nitrogen and oxygen atoms in total. The molecule has 0 unspecified atom stereocenters. The van der Waals surface area contributed by atoms with Crippen molar-refractivity contribution in [1.29, 1.82) is 5.26 Å². The maximum atomic E-state index is 12.9. The van der Waals surface area contributed by atoms with Gasteiger partial charge in [0.25, 0.3) is 0 Å². The van der Waals surface area contributed by atoms with Gasteiger partial charge in [-0.1, -0.05) is 28.1 Å². The van der Waals surface area contributed by atoms with Gasteiger partial charge in [0, 0.05) is 30.7 Å². The third-order valence-corrected chi connectivity index (χ3v) is 7.38. The predicted molar refractivity (Wildman–Crippen MR) is 110 cm³/mol. The van der Waals surface area contributed by atoms with Crippen LogP contribution in [0.15, 0.2) is 61.0 Å². The van der Waals surface area contributed by atoms with Gasteiger partial charge >= 0.3 is 5.76 Å². The number of fused-ring (bicyclic) bond motifs is 1. The van der Waals surface area contributed by atoms with Crippen LogP contribution in [0, 0.1) is 11.3 Å². The monoisotopic (exact) mass is 476 g/mol. The molecule has 0 atom stereocenters. The highest BCUT2D eigenvalue weighted by Gasteiger charge is 2.30. The number of hydrogen-bond acceptors (Lipinski definition) is 6. The molecule has 10 heteroatoms. The number of sulfonamides is 1. The molecule has 0 N–H and O–H groups in total. The minimum atomic E-state index is -3.75. The number of benzene rings is 2. The van der Waals surface area contributed by atoms with Crippen LogP contribution in [0.5, 0.6) is 0 Å². The highest BCUT2D eigenvalue weighted by Crippen LogP contribution is 2.22. The Hall–Kier alpha value is -2.45. The van der Waals surface area contributed by atoms with Gasteiger partial charge in [0.15, 0.2) is 5.58 Å². The van der Waals surface area contributed by atoms with Gasteiger partial charge in [0.05, 0.1) is 22.6 Å². The summed E-state index contributed by atoms with van der Waals surface area (Å²) in [6, 6.07) is 13.5. The van der Waals surface area contributed by atoms with E-state index >= 15 is 0 Å². The number of nitrogens with zero attached hydrogens (tertiary/aromatic N) is 4. The molecule has 1 aromatic heterocycles. The lowest BCUT2D eigenvalue weighted by Gasteiger charge is -2.33. The van der Waals surface area contributed by atoms with Crippen LogP contribution in [0.1, 0.15) is 5.56 Å². The summed E-state index contributed by atoms with van der Waals surface area (Å²) in [6.45, 7) is 1.79. The zero-order valence-corrected chi connectivity index (χ0v) is 17.7. The summed E-state index contributed by atoms with van der Waals surface area (Å²) < 4.78 is 34.9. The first-order valence-corrected chi connectivity index (χ1v) is 11.1. The standard InChI is InChI=1S/C19H17BrN4O4S/c20-15-5-6-16-17(11-15)28-19(25)24(16)13-22-7-9-23(10-8-22)29(26,27)18-4-2-1-3-14(18)12-21/h1-6,11H,7-10,13H2. The van der Waals surface area contributed by atoms with Gasteiger partial charge in [-0.2, -0.15) is 9.57 Å². The summed E-state index contributed by atoms with van der Waals surface area (Å²) in [6.07, 6.45) is 0. The summed E-state index contributed by atoms with van der Waals surface area (Å²) in [5, 5.41) is 9.21. The number of nitriles is 1. The Balaban J connectivity index is 1.50. The highest BCUT2D eigenvalue weighted by atomic mass is 79.9. The lowest BCUT2D eigenvalue weighted by molar-refractivity contribution is 0.150. The molecule has 1 aliphatic heterocycles. The predicted octanol–water partition coefficient (Wildman–Crippen LogP) is 2.19. The number of hydrogen-bond donors (Lipinski definition) is 0. The molecule has 1 aliphatic rings. The number of rotatable bonds is 4. The van der Waals surface area contributed by atoms with E-state index < -0.39 is 15.8 Å². The van der Waals surface area contributed by atoms with E-state index in [1.54, 1.807) is 18.2 Å². The molecule has 29 heavy (non-hydrogen) atoms. The molecule has 2 aromatic carbocycles. The first-order chi connectivity index (χ1) is 13.9. The third kappa shape index (κ3) is 3.74. The molecule has 0 amide bonds. The van der Waals surface area contributed by atoms with Crippen molar-refractivity contribution < 1.29 is 12.8 Å². The zero-order chi connectivity index (χ0) is 20.6. The largest absolute Gasteiger partial charge is 0.421 e. The summed E-state index contributed by atoms with van der Waals surface area (Å²) >= 11 is 3.36. The van der Waals surface area contributed by atoms with Crippen LogP contribution in [-0.4, -0.2) is 48.4 Å². The molecule has 0 radical (unpaired) electrons. The molecule has 3 aromatic rings. The minimum absolute atomic E-state index is 0.0265. The second kappa shape index (κ2) is 7.76. The van der Waals surface area contributed by atoms with Crippen LogP contribution in [0.4, 0.5) is 0 Å². The summed E-state index contributed by atoms with van der Waals surface area (Å²) in [7, 11) is -3.75. The van der Waals surface area contributed by atoms with E-state index in [1.165, 1.54) is 21.0 Å². The van der Waals surface area contributed by atoms with Crippen molar-refractivity contribution in [1.82, 2.24) is 13.8 Å². The van der Waals surface area contributed by atoms with E-state index in [-0.39, 0.29) is 23.5 Å². The van der Waals surface area contributed by atoms with Gasteiger partial charge in [-0.25, -0.2) is 13.2 Å². The van der Waals surface area contributed by atoms with Crippen molar-refractivity contribution >= 4 is 37.1 Å². The molecule has 0 aliphatic carbocycles. The molecule has 0 saturated carbocycles. The van der Waals surface area contributed by atoms with Gasteiger partial charge in [-0.15, -0.1) is 0 Å². The molecular formula is C19H17BrN4O4S. The van der Waals surface area contributed by atoms with E-state index in [0.717, 1.165) is 4.47 Å². The molecule has 2 heterocycles. The maximum Gasteiger partial charge on any atom is 0.421 e. The van der Waals surface area contributed by atoms with Crippen molar-refractivity contribution in [3.63, 3.8) is 0 Å². The van der Waals surface area contributed by atoms with Gasteiger partial charge in [0.2, 0.25) is 10.0 Å². The average Bonchev–Trinajstić information content (AvgIpc) is 3.02. The van der Waals surface area contributed by atoms with E-state index in [4.69, 9.17) is 4.42 Å². The lowest BCUT2D eigenvalue weighted by atomic mass is 10.2. The third-order valence-electron chi connectivity index (χ3n) is 4.93. The second-order valence-corrected chi connectivity index (χ2v) is 9.50. The fraction of sp³-hybridized carbons (Fsp3) is 0.263. The summed E-state index contributed by atoms with van der Waals surface area (Å²) in [4.78, 5) is 14.2. The van der Waals surface area contributed by atoms with Crippen molar-refractivity contribution in [2.24, 2.45) is 0 Å². The smallest absolute Gasteiger partial charge is 0.408 e. The Morgan fingerprint density at radius 3 is 2.55 bits per heavy atom. The summed E-state index contributed by atoms with van der Waals surface area (Å²) in [5.41, 5.74) is 1.33. The van der Waals surface area contributed by atoms with Crippen molar-refractivity contribution in [3.8, 4) is 6.07 Å². The maximum absolute atomic E-state index is 12.9. The van der Waals surface area contributed by atoms with E-state index in [9.17, 15) is 18.5 Å². The van der Waals surface area contributed by atoms with Gasteiger partial charge in [0.1, 0.15) is 6.07 Å². The molecule has 1 saturated heterocycles. The molecule has 1 fully saturated rings. The number of oxazole rings is 1. The SMILES string of the molecule is N#Cc1ccccc1S(=O)(=O)N1CCN(Cn2c(=O)oc3cc(Br)ccc32)CC1. The van der Waals surface area contributed by atoms with Crippen LogP contribution in [0.25, 0.3) is 11.1 Å². The average molecular weight is 477 g/mol. The Bertz CT molecular complexity index is 1270. The first kappa shape index (κ1) is 19.8. The quantitative estimate of drug-likeness (QED) is 0.572. The van der Waals surface area contributed by atoms with Gasteiger partial charge in [-0.05, 0) is 30.3 Å².